The van der Waals surface area contributed by atoms with Crippen LogP contribution in [0.15, 0.2) is 70.1 Å². The molecule has 0 radical (unpaired) electrons. The molecule has 5 rings (SSSR count). The van der Waals surface area contributed by atoms with Crippen molar-refractivity contribution >= 4 is 56.9 Å². The van der Waals surface area contributed by atoms with Crippen molar-refractivity contribution in [3.8, 4) is 0 Å². The highest BCUT2D eigenvalue weighted by Crippen LogP contribution is 2.61. The maximum absolute atomic E-state index is 13.5. The van der Waals surface area contributed by atoms with Crippen LogP contribution in [0.1, 0.15) is 40.9 Å². The topological polar surface area (TPSA) is 34.1 Å². The van der Waals surface area contributed by atoms with E-state index in [0.29, 0.717) is 0 Å². The molecule has 1 aliphatic carbocycles. The second-order valence-corrected chi connectivity index (χ2v) is 10.7. The molecule has 0 aromatic carbocycles. The minimum Gasteiger partial charge on any atom is -0.293 e. The number of rotatable bonds is 6. The molecule has 140 valence electrons. The number of Topliss-reactive ketones (excluding diaryl/α,β-unsaturated/α-hetero) is 2. The van der Waals surface area contributed by atoms with Gasteiger partial charge in [-0.15, -0.1) is 45.3 Å². The Balaban J connectivity index is 1.61. The number of thiophene rings is 4. The van der Waals surface area contributed by atoms with Crippen LogP contribution in [0.25, 0.3) is 0 Å². The summed E-state index contributed by atoms with van der Waals surface area (Å²) in [4.78, 5) is 30.8. The lowest BCUT2D eigenvalue weighted by Crippen LogP contribution is -2.50. The van der Waals surface area contributed by atoms with Gasteiger partial charge in [0.25, 0.3) is 0 Å². The number of ketones is 2. The molecule has 0 N–H and O–H groups in total. The molecule has 4 atom stereocenters. The smallest absolute Gasteiger partial charge is 0.177 e. The Bertz CT molecular complexity index is 972. The molecule has 1 saturated carbocycles. The van der Waals surface area contributed by atoms with Gasteiger partial charge < -0.3 is 0 Å². The molecule has 1 fully saturated rings. The van der Waals surface area contributed by atoms with Gasteiger partial charge in [-0.1, -0.05) is 24.3 Å². The highest BCUT2D eigenvalue weighted by molar-refractivity contribution is 7.12. The highest BCUT2D eigenvalue weighted by atomic mass is 32.1. The highest BCUT2D eigenvalue weighted by Gasteiger charge is 2.58. The molecule has 0 spiro atoms. The average Bonchev–Trinajstić information content (AvgIpc) is 3.50. The van der Waals surface area contributed by atoms with Crippen LogP contribution < -0.4 is 0 Å². The van der Waals surface area contributed by atoms with Gasteiger partial charge in [-0.05, 0) is 45.8 Å². The van der Waals surface area contributed by atoms with E-state index in [9.17, 15) is 9.59 Å². The van der Waals surface area contributed by atoms with E-state index in [0.717, 1.165) is 9.75 Å². The van der Waals surface area contributed by atoms with E-state index >= 15 is 0 Å². The molecular weight excluding hydrogens is 425 g/mol. The second-order valence-electron chi connectivity index (χ2n) is 6.82. The van der Waals surface area contributed by atoms with Crippen molar-refractivity contribution in [2.24, 2.45) is 11.8 Å². The zero-order valence-corrected chi connectivity index (χ0v) is 18.0. The predicted octanol–water partition coefficient (Wildman–Crippen LogP) is 6.81. The van der Waals surface area contributed by atoms with Gasteiger partial charge in [-0.2, -0.15) is 0 Å². The average molecular weight is 441 g/mol. The Morgan fingerprint density at radius 3 is 1.29 bits per heavy atom. The zero-order valence-electron chi connectivity index (χ0n) is 14.7. The lowest BCUT2D eigenvalue weighted by atomic mass is 9.52. The third-order valence-corrected chi connectivity index (χ3v) is 9.14. The van der Waals surface area contributed by atoms with Gasteiger partial charge in [0.2, 0.25) is 0 Å². The molecule has 4 aromatic heterocycles. The van der Waals surface area contributed by atoms with E-state index in [1.165, 1.54) is 32.4 Å². The molecule has 4 aromatic rings. The van der Waals surface area contributed by atoms with Crippen molar-refractivity contribution in [3.63, 3.8) is 0 Å². The van der Waals surface area contributed by atoms with E-state index in [1.54, 1.807) is 22.7 Å². The third kappa shape index (κ3) is 2.95. The van der Waals surface area contributed by atoms with E-state index in [2.05, 4.69) is 22.9 Å². The van der Waals surface area contributed by atoms with Gasteiger partial charge in [-0.25, -0.2) is 0 Å². The molecule has 1 aliphatic rings. The monoisotopic (exact) mass is 440 g/mol. The number of carbonyl (C=O) groups excluding carboxylic acids is 2. The minimum atomic E-state index is -0.306. The summed E-state index contributed by atoms with van der Waals surface area (Å²) in [5.74, 6) is -0.283. The van der Waals surface area contributed by atoms with E-state index in [1.807, 2.05) is 47.2 Å². The Hall–Kier alpha value is -1.86. The summed E-state index contributed by atoms with van der Waals surface area (Å²) in [5.41, 5.74) is 0. The fraction of sp³-hybridized carbons (Fsp3) is 0.182. The third-order valence-electron chi connectivity index (χ3n) is 5.42. The van der Waals surface area contributed by atoms with Gasteiger partial charge >= 0.3 is 0 Å². The van der Waals surface area contributed by atoms with Crippen molar-refractivity contribution < 1.29 is 9.59 Å². The molecule has 28 heavy (non-hydrogen) atoms. The van der Waals surface area contributed by atoms with Crippen LogP contribution in [-0.4, -0.2) is 11.6 Å². The fourth-order valence-corrected chi connectivity index (χ4v) is 7.51. The van der Waals surface area contributed by atoms with Gasteiger partial charge in [0.1, 0.15) is 0 Å². The normalized spacial score (nSPS) is 24.0. The Labute approximate surface area is 179 Å². The standard InChI is InChI=1S/C22H16O2S4/c23-21(15-7-3-11-27-15)19-17(13-5-1-9-25-13)18(14-6-2-10-26-14)20(19)22(24)16-8-4-12-28-16/h1-12,17-20H/t17-,18-,19-,20-/m1/s1. The van der Waals surface area contributed by atoms with E-state index in [-0.39, 0.29) is 35.2 Å². The first-order chi connectivity index (χ1) is 13.8. The number of hydrogen-bond acceptors (Lipinski definition) is 6. The first kappa shape index (κ1) is 18.2. The molecule has 4 heterocycles. The SMILES string of the molecule is O=C(c1cccs1)[C@H]1[C@H](C(=O)c2cccs2)[C@H](c2cccs2)[C@H]1c1cccs1. The summed E-state index contributed by atoms with van der Waals surface area (Å²) in [6.45, 7) is 0. The predicted molar refractivity (Wildman–Crippen MR) is 118 cm³/mol. The van der Waals surface area contributed by atoms with Gasteiger partial charge in [0.15, 0.2) is 11.6 Å². The molecular formula is C22H16O2S4. The maximum atomic E-state index is 13.5. The van der Waals surface area contributed by atoms with Crippen molar-refractivity contribution in [1.29, 1.82) is 0 Å². The summed E-state index contributed by atoms with van der Waals surface area (Å²) in [7, 11) is 0. The van der Waals surface area contributed by atoms with Crippen LogP contribution >= 0.6 is 45.3 Å². The van der Waals surface area contributed by atoms with Gasteiger partial charge in [0, 0.05) is 33.4 Å². The van der Waals surface area contributed by atoms with Crippen LogP contribution in [0.2, 0.25) is 0 Å². The number of carbonyl (C=O) groups is 2. The Morgan fingerprint density at radius 1 is 0.571 bits per heavy atom. The van der Waals surface area contributed by atoms with Crippen LogP contribution in [0.4, 0.5) is 0 Å². The van der Waals surface area contributed by atoms with Crippen molar-refractivity contribution in [2.45, 2.75) is 11.8 Å². The van der Waals surface area contributed by atoms with Gasteiger partial charge in [0.05, 0.1) is 9.75 Å². The van der Waals surface area contributed by atoms with Crippen LogP contribution in [0, 0.1) is 11.8 Å². The summed E-state index contributed by atoms with van der Waals surface area (Å²) in [5, 5.41) is 7.97. The molecule has 0 saturated heterocycles. The van der Waals surface area contributed by atoms with E-state index in [4.69, 9.17) is 0 Å². The lowest BCUT2D eigenvalue weighted by molar-refractivity contribution is 0.0473. The summed E-state index contributed by atoms with van der Waals surface area (Å²) in [6, 6.07) is 15.9. The zero-order chi connectivity index (χ0) is 19.1. The van der Waals surface area contributed by atoms with Crippen LogP contribution in [0.5, 0.6) is 0 Å². The summed E-state index contributed by atoms with van der Waals surface area (Å²) in [6.07, 6.45) is 0. The second kappa shape index (κ2) is 7.52. The van der Waals surface area contributed by atoms with Crippen molar-refractivity contribution in [3.05, 3.63) is 89.6 Å². The molecule has 0 amide bonds. The van der Waals surface area contributed by atoms with Crippen LogP contribution in [0.3, 0.4) is 0 Å². The van der Waals surface area contributed by atoms with Crippen LogP contribution in [-0.2, 0) is 0 Å². The first-order valence-electron chi connectivity index (χ1n) is 8.98. The molecule has 0 unspecified atom stereocenters. The molecule has 2 nitrogen and oxygen atoms in total. The maximum Gasteiger partial charge on any atom is 0.177 e. The molecule has 0 bridgehead atoms. The lowest BCUT2D eigenvalue weighted by Gasteiger charge is -2.49. The fourth-order valence-electron chi connectivity index (χ4n) is 4.24. The summed E-state index contributed by atoms with van der Waals surface area (Å²) < 4.78 is 0. The van der Waals surface area contributed by atoms with Crippen molar-refractivity contribution in [2.75, 3.05) is 0 Å². The Morgan fingerprint density at radius 2 is 0.964 bits per heavy atom. The summed E-state index contributed by atoms with van der Waals surface area (Å²) >= 11 is 6.30. The minimum absolute atomic E-state index is 0.0576. The largest absolute Gasteiger partial charge is 0.293 e. The quantitative estimate of drug-likeness (QED) is 0.309. The Kier molecular flexibility index (Phi) is 4.88. The molecule has 0 aliphatic heterocycles. The molecule has 6 heteroatoms. The van der Waals surface area contributed by atoms with Crippen molar-refractivity contribution in [1.82, 2.24) is 0 Å². The number of hydrogen-bond donors (Lipinski definition) is 0. The van der Waals surface area contributed by atoms with Gasteiger partial charge in [-0.3, -0.25) is 9.59 Å². The first-order valence-corrected chi connectivity index (χ1v) is 12.5. The van der Waals surface area contributed by atoms with E-state index < -0.39 is 0 Å².